The van der Waals surface area contributed by atoms with E-state index < -0.39 is 41.8 Å². The zero-order valence-electron chi connectivity index (χ0n) is 19.8. The molecule has 11 nitrogen and oxygen atoms in total. The second kappa shape index (κ2) is 11.3. The highest BCUT2D eigenvalue weighted by atomic mass is 16.6. The number of carbonyl (C=O) groups excluding carboxylic acids is 3. The van der Waals surface area contributed by atoms with E-state index in [2.05, 4.69) is 0 Å². The molecule has 0 amide bonds. The summed E-state index contributed by atoms with van der Waals surface area (Å²) in [6.45, 7) is 4.23. The topological polar surface area (TPSA) is 170 Å². The van der Waals surface area contributed by atoms with E-state index in [0.29, 0.717) is 10.8 Å². The summed E-state index contributed by atoms with van der Waals surface area (Å²) < 4.78 is 21.1. The van der Waals surface area contributed by atoms with Gasteiger partial charge in [-0.3, -0.25) is 14.4 Å². The van der Waals surface area contributed by atoms with Crippen molar-refractivity contribution in [3.8, 4) is 17.2 Å². The number of aliphatic hydroxyl groups is 3. The molecule has 0 saturated carbocycles. The van der Waals surface area contributed by atoms with Gasteiger partial charge in [0.2, 0.25) is 0 Å². The Bertz CT molecular complexity index is 1350. The van der Waals surface area contributed by atoms with Crippen molar-refractivity contribution in [2.45, 2.75) is 58.3 Å². The number of carbonyl (C=O) groups is 3. The van der Waals surface area contributed by atoms with Crippen LogP contribution in [-0.4, -0.2) is 51.5 Å². The van der Waals surface area contributed by atoms with Gasteiger partial charge in [0.15, 0.2) is 11.5 Å². The first-order valence-electron chi connectivity index (χ1n) is 11.1. The average molecular weight is 502 g/mol. The highest BCUT2D eigenvalue weighted by Gasteiger charge is 2.20. The quantitative estimate of drug-likeness (QED) is 0.169. The molecule has 0 fully saturated rings. The van der Waals surface area contributed by atoms with Crippen LogP contribution in [0.25, 0.3) is 21.7 Å². The van der Waals surface area contributed by atoms with Crippen molar-refractivity contribution < 1.29 is 48.3 Å². The van der Waals surface area contributed by atoms with Crippen molar-refractivity contribution in [2.24, 2.45) is 0 Å². The van der Waals surface area contributed by atoms with Gasteiger partial charge >= 0.3 is 23.5 Å². The summed E-state index contributed by atoms with van der Waals surface area (Å²) in [5.41, 5.74) is -0.741. The van der Waals surface area contributed by atoms with Crippen molar-refractivity contribution >= 4 is 39.6 Å². The zero-order chi connectivity index (χ0) is 26.6. The maximum atomic E-state index is 12.7. The highest BCUT2D eigenvalue weighted by molar-refractivity contribution is 6.06. The molecule has 0 saturated heterocycles. The Morgan fingerprint density at radius 2 is 1.19 bits per heavy atom. The number of benzene rings is 2. The summed E-state index contributed by atoms with van der Waals surface area (Å²) in [5.74, 6) is -2.66. The fourth-order valence-corrected chi connectivity index (χ4v) is 3.36. The SMILES string of the molecule is CC(O)CC(=O)Oc1ccc2c(c1)oc(=O)c1cc(OC(=O)CC(C)O)c(OC(=O)CC(C)O)cc12. The normalized spacial score (nSPS) is 13.7. The number of hydrogen-bond donors (Lipinski definition) is 3. The number of ether oxygens (including phenoxy) is 3. The van der Waals surface area contributed by atoms with Gasteiger partial charge in [0.1, 0.15) is 11.3 Å². The lowest BCUT2D eigenvalue weighted by Crippen LogP contribution is -2.18. The fraction of sp³-hybridized carbons (Fsp3) is 0.360. The molecule has 2 aromatic carbocycles. The molecule has 1 aromatic heterocycles. The van der Waals surface area contributed by atoms with E-state index in [1.165, 1.54) is 51.1 Å². The van der Waals surface area contributed by atoms with Crippen LogP contribution < -0.4 is 19.8 Å². The minimum Gasteiger partial charge on any atom is -0.426 e. The van der Waals surface area contributed by atoms with Crippen LogP contribution in [0.1, 0.15) is 40.0 Å². The maximum Gasteiger partial charge on any atom is 0.344 e. The third kappa shape index (κ3) is 6.87. The third-order valence-electron chi connectivity index (χ3n) is 4.82. The number of fused-ring (bicyclic) bond motifs is 3. The summed E-state index contributed by atoms with van der Waals surface area (Å²) in [7, 11) is 0. The third-order valence-corrected chi connectivity index (χ3v) is 4.82. The predicted molar refractivity (Wildman–Crippen MR) is 126 cm³/mol. The molecule has 3 aromatic rings. The van der Waals surface area contributed by atoms with E-state index in [1.807, 2.05) is 0 Å². The number of hydrogen-bond acceptors (Lipinski definition) is 11. The molecule has 0 radical (unpaired) electrons. The molecule has 3 rings (SSSR count). The number of rotatable bonds is 9. The maximum absolute atomic E-state index is 12.7. The Morgan fingerprint density at radius 1 is 0.722 bits per heavy atom. The first-order chi connectivity index (χ1) is 16.9. The molecule has 0 aliphatic heterocycles. The Kier molecular flexibility index (Phi) is 8.41. The highest BCUT2D eigenvalue weighted by Crippen LogP contribution is 2.36. The Labute approximate surface area is 204 Å². The molecule has 11 heteroatoms. The van der Waals surface area contributed by atoms with Crippen molar-refractivity contribution in [3.05, 3.63) is 40.8 Å². The lowest BCUT2D eigenvalue weighted by atomic mass is 10.1. The van der Waals surface area contributed by atoms with Gasteiger partial charge in [-0.15, -0.1) is 0 Å². The van der Waals surface area contributed by atoms with Gasteiger partial charge in [-0.2, -0.15) is 0 Å². The Balaban J connectivity index is 2.10. The lowest BCUT2D eigenvalue weighted by molar-refractivity contribution is -0.139. The van der Waals surface area contributed by atoms with Crippen LogP contribution in [0.15, 0.2) is 39.5 Å². The van der Waals surface area contributed by atoms with E-state index in [4.69, 9.17) is 18.6 Å². The molecule has 3 atom stereocenters. The average Bonchev–Trinajstić information content (AvgIpc) is 2.72. The molecular weight excluding hydrogens is 476 g/mol. The van der Waals surface area contributed by atoms with Gasteiger partial charge in [-0.1, -0.05) is 0 Å². The van der Waals surface area contributed by atoms with Crippen LogP contribution in [0.3, 0.4) is 0 Å². The van der Waals surface area contributed by atoms with E-state index in [1.54, 1.807) is 0 Å². The predicted octanol–water partition coefficient (Wildman–Crippen LogP) is 1.98. The van der Waals surface area contributed by atoms with Gasteiger partial charge in [0, 0.05) is 16.8 Å². The minimum absolute atomic E-state index is 0.0107. The molecule has 192 valence electrons. The van der Waals surface area contributed by atoms with Crippen LogP contribution >= 0.6 is 0 Å². The monoisotopic (exact) mass is 502 g/mol. The lowest BCUT2D eigenvalue weighted by Gasteiger charge is -2.14. The van der Waals surface area contributed by atoms with Gasteiger partial charge < -0.3 is 33.9 Å². The van der Waals surface area contributed by atoms with Gasteiger partial charge in [-0.25, -0.2) is 4.79 Å². The fourth-order valence-electron chi connectivity index (χ4n) is 3.36. The van der Waals surface area contributed by atoms with Crippen LogP contribution in [0.2, 0.25) is 0 Å². The van der Waals surface area contributed by atoms with E-state index in [-0.39, 0.29) is 47.5 Å². The minimum atomic E-state index is -0.989. The Hall–Kier alpha value is -3.80. The molecule has 0 bridgehead atoms. The summed E-state index contributed by atoms with van der Waals surface area (Å²) >= 11 is 0. The molecule has 0 aliphatic carbocycles. The molecule has 0 aliphatic rings. The van der Waals surface area contributed by atoms with Crippen molar-refractivity contribution in [3.63, 3.8) is 0 Å². The van der Waals surface area contributed by atoms with E-state index >= 15 is 0 Å². The zero-order valence-corrected chi connectivity index (χ0v) is 19.8. The van der Waals surface area contributed by atoms with Crippen molar-refractivity contribution in [1.82, 2.24) is 0 Å². The molecule has 36 heavy (non-hydrogen) atoms. The molecular formula is C25H26O11. The van der Waals surface area contributed by atoms with Crippen LogP contribution in [-0.2, 0) is 14.4 Å². The summed E-state index contributed by atoms with van der Waals surface area (Å²) in [5, 5.41) is 29.0. The number of aliphatic hydroxyl groups excluding tert-OH is 3. The molecule has 3 N–H and O–H groups in total. The largest absolute Gasteiger partial charge is 0.426 e. The first-order valence-corrected chi connectivity index (χ1v) is 11.1. The molecule has 3 unspecified atom stereocenters. The van der Waals surface area contributed by atoms with Crippen LogP contribution in [0, 0.1) is 0 Å². The van der Waals surface area contributed by atoms with Gasteiger partial charge in [0.25, 0.3) is 0 Å². The smallest absolute Gasteiger partial charge is 0.344 e. The van der Waals surface area contributed by atoms with E-state index in [0.717, 1.165) is 0 Å². The van der Waals surface area contributed by atoms with Crippen LogP contribution in [0.5, 0.6) is 17.2 Å². The summed E-state index contributed by atoms with van der Waals surface area (Å²) in [6, 6.07) is 6.80. The van der Waals surface area contributed by atoms with Crippen molar-refractivity contribution in [1.29, 1.82) is 0 Å². The van der Waals surface area contributed by atoms with Crippen molar-refractivity contribution in [2.75, 3.05) is 0 Å². The van der Waals surface area contributed by atoms with E-state index in [9.17, 15) is 34.5 Å². The number of esters is 3. The molecule has 0 spiro atoms. The Morgan fingerprint density at radius 3 is 1.69 bits per heavy atom. The van der Waals surface area contributed by atoms with Crippen LogP contribution in [0.4, 0.5) is 0 Å². The second-order valence-corrected chi connectivity index (χ2v) is 8.47. The van der Waals surface area contributed by atoms with Gasteiger partial charge in [0.05, 0.1) is 43.0 Å². The summed E-state index contributed by atoms with van der Waals surface area (Å²) in [4.78, 5) is 49.0. The second-order valence-electron chi connectivity index (χ2n) is 8.47. The summed E-state index contributed by atoms with van der Waals surface area (Å²) in [6.07, 6.45) is -3.77. The first kappa shape index (κ1) is 26.8. The standard InChI is InChI=1S/C25H26O11/c1-12(26)6-22(29)33-15-4-5-16-17-10-20(34-23(30)7-13(2)27)21(35-24(31)8-14(3)28)11-18(17)25(32)36-19(16)9-15/h4-5,9-14,26-28H,6-8H2,1-3H3. The molecule has 1 heterocycles. The van der Waals surface area contributed by atoms with Gasteiger partial charge in [-0.05, 0) is 45.0 Å².